The Morgan fingerprint density at radius 1 is 1.30 bits per heavy atom. The van der Waals surface area contributed by atoms with Crippen molar-refractivity contribution in [2.75, 3.05) is 0 Å². The summed E-state index contributed by atoms with van der Waals surface area (Å²) in [5.41, 5.74) is 0.998. The minimum atomic E-state index is -1.12. The van der Waals surface area contributed by atoms with E-state index >= 15 is 0 Å². The van der Waals surface area contributed by atoms with Crippen molar-refractivity contribution in [3.63, 3.8) is 0 Å². The van der Waals surface area contributed by atoms with E-state index < -0.39 is 11.8 Å². The molecule has 1 N–H and O–H groups in total. The van der Waals surface area contributed by atoms with Crippen LogP contribution in [0.1, 0.15) is 21.7 Å². The summed E-state index contributed by atoms with van der Waals surface area (Å²) in [4.78, 5) is 15.4. The minimum absolute atomic E-state index is 0.00757. The first-order valence-electron chi connectivity index (χ1n) is 5.73. The largest absolute Gasteiger partial charge is 0.477 e. The second-order valence-electron chi connectivity index (χ2n) is 4.20. The summed E-state index contributed by atoms with van der Waals surface area (Å²) in [6.07, 6.45) is 0. The van der Waals surface area contributed by atoms with Gasteiger partial charge in [0.05, 0.1) is 10.2 Å². The summed E-state index contributed by atoms with van der Waals surface area (Å²) in [6.45, 7) is 3.34. The number of carbonyl (C=O) groups is 1. The molecule has 2 aromatic rings. The van der Waals surface area contributed by atoms with Crippen molar-refractivity contribution in [3.05, 3.63) is 51.5 Å². The fraction of sp³-hybridized carbons (Fsp3) is 0.143. The van der Waals surface area contributed by atoms with Crippen molar-refractivity contribution >= 4 is 21.9 Å². The highest BCUT2D eigenvalue weighted by atomic mass is 79.9. The third kappa shape index (κ3) is 2.96. The molecule has 0 aliphatic rings. The molecule has 20 heavy (non-hydrogen) atoms. The SMILES string of the molecule is Cc1cc(Oc2ccc(F)cc2Br)c(C(=O)O)c(C)n1. The number of aryl methyl sites for hydroxylation is 2. The van der Waals surface area contributed by atoms with Crippen LogP contribution in [0.25, 0.3) is 0 Å². The fourth-order valence-electron chi connectivity index (χ4n) is 1.81. The summed E-state index contributed by atoms with van der Waals surface area (Å²) in [5.74, 6) is -1.03. The van der Waals surface area contributed by atoms with Gasteiger partial charge in [0.2, 0.25) is 0 Å². The molecule has 0 saturated carbocycles. The highest BCUT2D eigenvalue weighted by molar-refractivity contribution is 9.10. The molecule has 0 atom stereocenters. The Hall–Kier alpha value is -1.95. The molecule has 0 bridgehead atoms. The van der Waals surface area contributed by atoms with Crippen LogP contribution in [0.4, 0.5) is 4.39 Å². The quantitative estimate of drug-likeness (QED) is 0.914. The standard InChI is InChI=1S/C14H11BrFNO3/c1-7-5-12(13(14(18)19)8(2)17-7)20-11-4-3-9(16)6-10(11)15/h3-6H,1-2H3,(H,18,19). The molecule has 6 heteroatoms. The van der Waals surface area contributed by atoms with Gasteiger partial charge in [-0.3, -0.25) is 4.98 Å². The summed E-state index contributed by atoms with van der Waals surface area (Å²) < 4.78 is 19.0. The lowest BCUT2D eigenvalue weighted by molar-refractivity contribution is 0.0692. The van der Waals surface area contributed by atoms with E-state index in [1.54, 1.807) is 13.8 Å². The van der Waals surface area contributed by atoms with Crippen LogP contribution in [-0.4, -0.2) is 16.1 Å². The van der Waals surface area contributed by atoms with Crippen LogP contribution in [0.5, 0.6) is 11.5 Å². The molecule has 2 rings (SSSR count). The van der Waals surface area contributed by atoms with Gasteiger partial charge in [-0.05, 0) is 48.0 Å². The van der Waals surface area contributed by atoms with Crippen molar-refractivity contribution in [1.29, 1.82) is 0 Å². The lowest BCUT2D eigenvalue weighted by Gasteiger charge is -2.12. The Morgan fingerprint density at radius 3 is 2.60 bits per heavy atom. The minimum Gasteiger partial charge on any atom is -0.477 e. The van der Waals surface area contributed by atoms with E-state index in [1.165, 1.54) is 24.3 Å². The third-order valence-electron chi connectivity index (χ3n) is 2.62. The predicted octanol–water partition coefficient (Wildman–Crippen LogP) is 4.09. The second-order valence-corrected chi connectivity index (χ2v) is 5.06. The average Bonchev–Trinajstić information content (AvgIpc) is 2.31. The summed E-state index contributed by atoms with van der Waals surface area (Å²) in [5, 5.41) is 9.24. The Balaban J connectivity index is 2.50. The number of nitrogens with zero attached hydrogens (tertiary/aromatic N) is 1. The van der Waals surface area contributed by atoms with Crippen LogP contribution in [0, 0.1) is 19.7 Å². The van der Waals surface area contributed by atoms with E-state index in [0.29, 0.717) is 21.6 Å². The molecule has 0 aliphatic carbocycles. The maximum absolute atomic E-state index is 13.0. The van der Waals surface area contributed by atoms with Gasteiger partial charge in [-0.2, -0.15) is 0 Å². The molecule has 4 nitrogen and oxygen atoms in total. The van der Waals surface area contributed by atoms with Gasteiger partial charge in [0.1, 0.15) is 22.9 Å². The van der Waals surface area contributed by atoms with Gasteiger partial charge in [-0.1, -0.05) is 0 Å². The molecular weight excluding hydrogens is 329 g/mol. The van der Waals surface area contributed by atoms with E-state index in [0.717, 1.165) is 0 Å². The molecule has 0 radical (unpaired) electrons. The number of hydrogen-bond donors (Lipinski definition) is 1. The normalized spacial score (nSPS) is 10.4. The zero-order valence-corrected chi connectivity index (χ0v) is 12.4. The third-order valence-corrected chi connectivity index (χ3v) is 3.24. The number of carboxylic acids is 1. The van der Waals surface area contributed by atoms with Crippen LogP contribution < -0.4 is 4.74 Å². The molecule has 1 heterocycles. The van der Waals surface area contributed by atoms with Crippen molar-refractivity contribution < 1.29 is 19.0 Å². The highest BCUT2D eigenvalue weighted by Gasteiger charge is 2.18. The molecule has 1 aromatic heterocycles. The van der Waals surface area contributed by atoms with Crippen molar-refractivity contribution in [1.82, 2.24) is 4.98 Å². The number of hydrogen-bond acceptors (Lipinski definition) is 3. The molecule has 0 fully saturated rings. The first-order chi connectivity index (χ1) is 9.38. The smallest absolute Gasteiger partial charge is 0.341 e. The number of rotatable bonds is 3. The predicted molar refractivity (Wildman–Crippen MR) is 74.8 cm³/mol. The van der Waals surface area contributed by atoms with Crippen LogP contribution >= 0.6 is 15.9 Å². The van der Waals surface area contributed by atoms with Gasteiger partial charge in [-0.25, -0.2) is 9.18 Å². The fourth-order valence-corrected chi connectivity index (χ4v) is 2.24. The number of ether oxygens (including phenoxy) is 1. The van der Waals surface area contributed by atoms with Gasteiger partial charge in [-0.15, -0.1) is 0 Å². The highest BCUT2D eigenvalue weighted by Crippen LogP contribution is 2.33. The molecule has 0 aliphatic heterocycles. The van der Waals surface area contributed by atoms with Crippen LogP contribution in [-0.2, 0) is 0 Å². The molecule has 0 saturated heterocycles. The zero-order chi connectivity index (χ0) is 14.9. The molecule has 0 amide bonds. The van der Waals surface area contributed by atoms with Crippen LogP contribution in [0.2, 0.25) is 0 Å². The first-order valence-corrected chi connectivity index (χ1v) is 6.52. The van der Waals surface area contributed by atoms with E-state index in [-0.39, 0.29) is 11.3 Å². The lowest BCUT2D eigenvalue weighted by Crippen LogP contribution is -2.06. The number of pyridine rings is 1. The Morgan fingerprint density at radius 2 is 2.00 bits per heavy atom. The van der Waals surface area contributed by atoms with E-state index in [1.807, 2.05) is 0 Å². The van der Waals surface area contributed by atoms with E-state index in [9.17, 15) is 14.3 Å². The topological polar surface area (TPSA) is 59.4 Å². The Kier molecular flexibility index (Phi) is 4.04. The average molecular weight is 340 g/mol. The molecule has 0 spiro atoms. The molecular formula is C14H11BrFNO3. The van der Waals surface area contributed by atoms with Gasteiger partial charge in [0, 0.05) is 11.8 Å². The number of carboxylic acid groups (broad SMARTS) is 1. The van der Waals surface area contributed by atoms with Gasteiger partial charge >= 0.3 is 5.97 Å². The van der Waals surface area contributed by atoms with Crippen LogP contribution in [0.3, 0.4) is 0 Å². The number of benzene rings is 1. The number of aromatic carboxylic acids is 1. The lowest BCUT2D eigenvalue weighted by atomic mass is 10.1. The maximum Gasteiger partial charge on any atom is 0.341 e. The molecule has 1 aromatic carbocycles. The summed E-state index contributed by atoms with van der Waals surface area (Å²) >= 11 is 3.18. The van der Waals surface area contributed by atoms with E-state index in [4.69, 9.17) is 4.74 Å². The molecule has 104 valence electrons. The second kappa shape index (κ2) is 5.58. The summed E-state index contributed by atoms with van der Waals surface area (Å²) in [7, 11) is 0. The van der Waals surface area contributed by atoms with Crippen LogP contribution in [0.15, 0.2) is 28.7 Å². The van der Waals surface area contributed by atoms with Gasteiger partial charge in [0.25, 0.3) is 0 Å². The number of aromatic nitrogens is 1. The van der Waals surface area contributed by atoms with Gasteiger partial charge < -0.3 is 9.84 Å². The number of halogens is 2. The van der Waals surface area contributed by atoms with Crippen molar-refractivity contribution in [3.8, 4) is 11.5 Å². The molecule has 0 unspecified atom stereocenters. The zero-order valence-electron chi connectivity index (χ0n) is 10.8. The Labute approximate surface area is 123 Å². The maximum atomic E-state index is 13.0. The summed E-state index contributed by atoms with van der Waals surface area (Å²) in [6, 6.07) is 5.44. The van der Waals surface area contributed by atoms with Crippen molar-refractivity contribution in [2.45, 2.75) is 13.8 Å². The monoisotopic (exact) mass is 339 g/mol. The first kappa shape index (κ1) is 14.5. The van der Waals surface area contributed by atoms with Gasteiger partial charge in [0.15, 0.2) is 0 Å². The van der Waals surface area contributed by atoms with E-state index in [2.05, 4.69) is 20.9 Å². The van der Waals surface area contributed by atoms with Crippen molar-refractivity contribution in [2.24, 2.45) is 0 Å². The Bertz CT molecular complexity index is 688.